The van der Waals surface area contributed by atoms with Crippen molar-refractivity contribution < 1.29 is 9.59 Å². The summed E-state index contributed by atoms with van der Waals surface area (Å²) in [6.45, 7) is 2.44. The molecule has 0 aromatic heterocycles. The third-order valence-electron chi connectivity index (χ3n) is 5.62. The van der Waals surface area contributed by atoms with E-state index in [9.17, 15) is 9.59 Å². The number of benzene rings is 2. The summed E-state index contributed by atoms with van der Waals surface area (Å²) in [6.07, 6.45) is 5.13. The van der Waals surface area contributed by atoms with Crippen LogP contribution in [0.15, 0.2) is 47.4 Å². The van der Waals surface area contributed by atoms with Crippen molar-refractivity contribution in [2.75, 3.05) is 17.2 Å². The lowest BCUT2D eigenvalue weighted by atomic mass is 9.89. The molecule has 1 aliphatic heterocycles. The van der Waals surface area contributed by atoms with Crippen LogP contribution in [-0.4, -0.2) is 24.1 Å². The van der Waals surface area contributed by atoms with Crippen LogP contribution < -0.4 is 10.2 Å². The van der Waals surface area contributed by atoms with E-state index < -0.39 is 0 Å². The summed E-state index contributed by atoms with van der Waals surface area (Å²) < 4.78 is 0. The first-order valence-corrected chi connectivity index (χ1v) is 11.0. The molecule has 2 aromatic carbocycles. The number of fused-ring (bicyclic) bond motifs is 2. The third kappa shape index (κ3) is 4.09. The molecule has 1 aliphatic carbocycles. The molecular weight excluding hydrogens is 368 g/mol. The van der Waals surface area contributed by atoms with E-state index >= 15 is 0 Å². The first-order valence-electron chi connectivity index (χ1n) is 10.0. The normalized spacial score (nSPS) is 16.9. The number of thioether (sulfide) groups is 1. The van der Waals surface area contributed by atoms with Crippen molar-refractivity contribution >= 4 is 29.3 Å². The van der Waals surface area contributed by atoms with Crippen LogP contribution >= 0.6 is 11.8 Å². The Morgan fingerprint density at radius 1 is 1.14 bits per heavy atom. The largest absolute Gasteiger partial charge is 0.350 e. The van der Waals surface area contributed by atoms with Gasteiger partial charge in [0, 0.05) is 17.9 Å². The van der Waals surface area contributed by atoms with Crippen molar-refractivity contribution in [1.29, 1.82) is 0 Å². The van der Waals surface area contributed by atoms with Crippen molar-refractivity contribution in [3.63, 3.8) is 0 Å². The fourth-order valence-corrected chi connectivity index (χ4v) is 4.97. The van der Waals surface area contributed by atoms with Crippen molar-refractivity contribution in [2.45, 2.75) is 50.0 Å². The van der Waals surface area contributed by atoms with Gasteiger partial charge in [0.15, 0.2) is 0 Å². The van der Waals surface area contributed by atoms with Gasteiger partial charge in [-0.05, 0) is 61.4 Å². The highest BCUT2D eigenvalue weighted by atomic mass is 32.2. The molecule has 0 unspecified atom stereocenters. The van der Waals surface area contributed by atoms with E-state index in [0.29, 0.717) is 18.7 Å². The average molecular weight is 395 g/mol. The number of hydrogen-bond acceptors (Lipinski definition) is 3. The lowest BCUT2D eigenvalue weighted by Gasteiger charge is -2.29. The summed E-state index contributed by atoms with van der Waals surface area (Å²) in [6, 6.07) is 14.5. The molecule has 4 rings (SSSR count). The summed E-state index contributed by atoms with van der Waals surface area (Å²) in [5.41, 5.74) is 4.95. The molecule has 2 aliphatic rings. The molecule has 1 heterocycles. The quantitative estimate of drug-likeness (QED) is 0.824. The Morgan fingerprint density at radius 3 is 2.79 bits per heavy atom. The summed E-state index contributed by atoms with van der Waals surface area (Å²) in [5.74, 6) is 0.484. The molecule has 0 saturated carbocycles. The van der Waals surface area contributed by atoms with Crippen molar-refractivity contribution in [2.24, 2.45) is 0 Å². The van der Waals surface area contributed by atoms with Crippen LogP contribution in [0.25, 0.3) is 0 Å². The van der Waals surface area contributed by atoms with Crippen LogP contribution in [0.2, 0.25) is 0 Å². The number of anilines is 1. The van der Waals surface area contributed by atoms with Crippen LogP contribution in [0.1, 0.15) is 48.9 Å². The standard InChI is InChI=1S/C23H26N2O2S/c1-16(18-11-10-17-6-2-3-7-19(17)14-18)24-22(26)12-13-25-20-8-4-5-9-21(20)28-15-23(25)27/h4-5,8-11,14,16H,2-3,6-7,12-13,15H2,1H3,(H,24,26)/t16-/m0/s1. The molecule has 28 heavy (non-hydrogen) atoms. The minimum atomic E-state index is -0.0281. The smallest absolute Gasteiger partial charge is 0.237 e. The van der Waals surface area contributed by atoms with Gasteiger partial charge in [0.1, 0.15) is 0 Å². The highest BCUT2D eigenvalue weighted by molar-refractivity contribution is 8.00. The lowest BCUT2D eigenvalue weighted by Crippen LogP contribution is -2.38. The fourth-order valence-electron chi connectivity index (χ4n) is 4.03. The Labute approximate surface area is 170 Å². The highest BCUT2D eigenvalue weighted by Crippen LogP contribution is 2.34. The maximum atomic E-state index is 12.5. The van der Waals surface area contributed by atoms with Crippen LogP contribution in [0.3, 0.4) is 0 Å². The van der Waals surface area contributed by atoms with Gasteiger partial charge in [0.25, 0.3) is 0 Å². The predicted octanol–water partition coefficient (Wildman–Crippen LogP) is 4.27. The van der Waals surface area contributed by atoms with Gasteiger partial charge < -0.3 is 10.2 Å². The van der Waals surface area contributed by atoms with Crippen LogP contribution in [0, 0.1) is 0 Å². The number of hydrogen-bond donors (Lipinski definition) is 1. The lowest BCUT2D eigenvalue weighted by molar-refractivity contribution is -0.121. The van der Waals surface area contributed by atoms with Crippen molar-refractivity contribution in [3.8, 4) is 0 Å². The maximum Gasteiger partial charge on any atom is 0.237 e. The molecule has 1 atom stereocenters. The molecule has 2 aromatic rings. The number of carbonyl (C=O) groups is 2. The Morgan fingerprint density at radius 2 is 1.93 bits per heavy atom. The molecule has 0 fully saturated rings. The molecule has 0 radical (unpaired) electrons. The molecule has 0 bridgehead atoms. The second-order valence-corrected chi connectivity index (χ2v) is 8.59. The molecule has 146 valence electrons. The minimum Gasteiger partial charge on any atom is -0.350 e. The molecule has 1 N–H and O–H groups in total. The van der Waals surface area contributed by atoms with Crippen LogP contribution in [0.5, 0.6) is 0 Å². The average Bonchev–Trinajstić information content (AvgIpc) is 2.72. The topological polar surface area (TPSA) is 49.4 Å². The minimum absolute atomic E-state index is 0.0197. The molecule has 0 saturated heterocycles. The van der Waals surface area contributed by atoms with Gasteiger partial charge in [-0.25, -0.2) is 0 Å². The molecule has 0 spiro atoms. The van der Waals surface area contributed by atoms with E-state index in [0.717, 1.165) is 22.6 Å². The monoisotopic (exact) mass is 394 g/mol. The highest BCUT2D eigenvalue weighted by Gasteiger charge is 2.25. The SMILES string of the molecule is C[C@H](NC(=O)CCN1C(=O)CSc2ccccc21)c1ccc2c(c1)CCCC2. The Balaban J connectivity index is 1.36. The molecule has 5 heteroatoms. The van der Waals surface area contributed by atoms with E-state index in [-0.39, 0.29) is 17.9 Å². The number of rotatable bonds is 5. The van der Waals surface area contributed by atoms with Gasteiger partial charge in [0.05, 0.1) is 17.5 Å². The zero-order chi connectivity index (χ0) is 19.5. The summed E-state index contributed by atoms with van der Waals surface area (Å²) >= 11 is 1.56. The molecule has 2 amide bonds. The van der Waals surface area contributed by atoms with Crippen LogP contribution in [-0.2, 0) is 22.4 Å². The fraction of sp³-hybridized carbons (Fsp3) is 0.391. The third-order valence-corrected chi connectivity index (χ3v) is 6.67. The van der Waals surface area contributed by atoms with Gasteiger partial charge in [-0.3, -0.25) is 9.59 Å². The molecule has 4 nitrogen and oxygen atoms in total. The van der Waals surface area contributed by atoms with Gasteiger partial charge >= 0.3 is 0 Å². The van der Waals surface area contributed by atoms with E-state index in [1.807, 2.05) is 31.2 Å². The zero-order valence-corrected chi connectivity index (χ0v) is 17.1. The summed E-state index contributed by atoms with van der Waals surface area (Å²) in [4.78, 5) is 27.7. The number of amides is 2. The van der Waals surface area contributed by atoms with E-state index in [4.69, 9.17) is 0 Å². The predicted molar refractivity (Wildman–Crippen MR) is 114 cm³/mol. The Hall–Kier alpha value is -2.27. The number of carbonyl (C=O) groups excluding carboxylic acids is 2. The van der Waals surface area contributed by atoms with E-state index in [1.165, 1.54) is 30.4 Å². The van der Waals surface area contributed by atoms with Gasteiger partial charge in [0.2, 0.25) is 11.8 Å². The van der Waals surface area contributed by atoms with Gasteiger partial charge in [-0.2, -0.15) is 0 Å². The number of aryl methyl sites for hydroxylation is 2. The maximum absolute atomic E-state index is 12.5. The summed E-state index contributed by atoms with van der Waals surface area (Å²) in [7, 11) is 0. The van der Waals surface area contributed by atoms with E-state index in [1.54, 1.807) is 16.7 Å². The zero-order valence-electron chi connectivity index (χ0n) is 16.2. The Bertz CT molecular complexity index is 896. The molecular formula is C23H26N2O2S. The van der Waals surface area contributed by atoms with Crippen LogP contribution in [0.4, 0.5) is 5.69 Å². The van der Waals surface area contributed by atoms with Crippen molar-refractivity contribution in [3.05, 3.63) is 59.2 Å². The van der Waals surface area contributed by atoms with Gasteiger partial charge in [-0.15, -0.1) is 11.8 Å². The summed E-state index contributed by atoms with van der Waals surface area (Å²) in [5, 5.41) is 3.10. The Kier molecular flexibility index (Phi) is 5.72. The first-order chi connectivity index (χ1) is 13.6. The van der Waals surface area contributed by atoms with Crippen molar-refractivity contribution in [1.82, 2.24) is 5.32 Å². The van der Waals surface area contributed by atoms with E-state index in [2.05, 4.69) is 23.5 Å². The number of nitrogens with one attached hydrogen (secondary N) is 1. The number of para-hydroxylation sites is 1. The first kappa shape index (κ1) is 19.1. The second kappa shape index (κ2) is 8.39. The second-order valence-electron chi connectivity index (χ2n) is 7.58. The number of nitrogens with zero attached hydrogens (tertiary/aromatic N) is 1. The van der Waals surface area contributed by atoms with Gasteiger partial charge in [-0.1, -0.05) is 30.3 Å².